The molecule has 0 spiro atoms. The van der Waals surface area contributed by atoms with Gasteiger partial charge < -0.3 is 0 Å². The molecule has 0 heterocycles. The van der Waals surface area contributed by atoms with Crippen LogP contribution < -0.4 is 0 Å². The van der Waals surface area contributed by atoms with E-state index in [2.05, 4.69) is 5.18 Å². The summed E-state index contributed by atoms with van der Waals surface area (Å²) in [6.45, 7) is 1.67. The van der Waals surface area contributed by atoms with Crippen molar-refractivity contribution in [2.75, 3.05) is 0 Å². The van der Waals surface area contributed by atoms with Crippen LogP contribution in [-0.4, -0.2) is 5.91 Å². The number of hydrogen-bond donors (Lipinski definition) is 0. The van der Waals surface area contributed by atoms with Crippen molar-refractivity contribution in [2.45, 2.75) is 12.8 Å². The number of nitroso groups, excluding NO2 is 1. The Hall–Kier alpha value is -1.51. The molecule has 0 saturated heterocycles. The Morgan fingerprint density at radius 2 is 1.92 bits per heavy atom. The van der Waals surface area contributed by atoms with E-state index in [0.717, 1.165) is 5.56 Å². The number of hydrogen-bond acceptors (Lipinski definition) is 2. The van der Waals surface area contributed by atoms with Crippen molar-refractivity contribution in [1.29, 1.82) is 0 Å². The number of benzene rings is 1. The zero-order valence-corrected chi connectivity index (χ0v) is 6.73. The molecule has 0 unspecified atom stereocenters. The first-order chi connectivity index (χ1) is 5.75. The fraction of sp³-hybridized carbons (Fsp3) is 0.222. The fourth-order valence-electron chi connectivity index (χ4n) is 0.963. The van der Waals surface area contributed by atoms with Gasteiger partial charge in [0.05, 0.1) is 5.92 Å². The highest BCUT2D eigenvalue weighted by atomic mass is 16.3. The number of carbonyl (C=O) groups excluding carboxylic acids is 1. The maximum Gasteiger partial charge on any atom is 0.293 e. The summed E-state index contributed by atoms with van der Waals surface area (Å²) < 4.78 is 0. The standard InChI is InChI=1S/C9H9NO2/c1-7(9(11)10-12)8-5-3-2-4-6-8/h2-7H,1H3/t7-/m0/s1. The SMILES string of the molecule is C[C@H](C(=O)N=O)c1ccccc1. The van der Waals surface area contributed by atoms with Crippen molar-refractivity contribution in [1.82, 2.24) is 0 Å². The van der Waals surface area contributed by atoms with E-state index < -0.39 is 11.8 Å². The average molecular weight is 163 g/mol. The smallest absolute Gasteiger partial charge is 0.268 e. The van der Waals surface area contributed by atoms with Gasteiger partial charge in [-0.05, 0) is 12.5 Å². The number of amides is 1. The van der Waals surface area contributed by atoms with Gasteiger partial charge in [0, 0.05) is 5.18 Å². The highest BCUT2D eigenvalue weighted by Crippen LogP contribution is 2.15. The van der Waals surface area contributed by atoms with Crippen LogP contribution in [0, 0.1) is 4.91 Å². The summed E-state index contributed by atoms with van der Waals surface area (Å²) in [5.74, 6) is -1.05. The van der Waals surface area contributed by atoms with Crippen molar-refractivity contribution in [3.63, 3.8) is 0 Å². The molecule has 0 radical (unpaired) electrons. The van der Waals surface area contributed by atoms with Gasteiger partial charge in [-0.15, -0.1) is 4.91 Å². The molecule has 0 aromatic heterocycles. The van der Waals surface area contributed by atoms with E-state index in [9.17, 15) is 9.70 Å². The van der Waals surface area contributed by atoms with E-state index in [4.69, 9.17) is 0 Å². The van der Waals surface area contributed by atoms with Gasteiger partial charge in [-0.3, -0.25) is 4.79 Å². The number of rotatable bonds is 2. The molecule has 1 amide bonds. The predicted octanol–water partition coefficient (Wildman–Crippen LogP) is 2.08. The Kier molecular flexibility index (Phi) is 2.69. The predicted molar refractivity (Wildman–Crippen MR) is 45.7 cm³/mol. The number of carbonyl (C=O) groups is 1. The van der Waals surface area contributed by atoms with E-state index in [1.807, 2.05) is 18.2 Å². The molecular formula is C9H9NO2. The second kappa shape index (κ2) is 3.76. The minimum Gasteiger partial charge on any atom is -0.268 e. The minimum absolute atomic E-state index is 0.427. The first-order valence-corrected chi connectivity index (χ1v) is 3.68. The molecule has 1 atom stereocenters. The first kappa shape index (κ1) is 8.59. The quantitative estimate of drug-likeness (QED) is 0.626. The lowest BCUT2D eigenvalue weighted by Crippen LogP contribution is -2.04. The first-order valence-electron chi connectivity index (χ1n) is 3.68. The van der Waals surface area contributed by atoms with Gasteiger partial charge >= 0.3 is 0 Å². The van der Waals surface area contributed by atoms with Crippen molar-refractivity contribution in [2.24, 2.45) is 5.18 Å². The summed E-state index contributed by atoms with van der Waals surface area (Å²) in [6, 6.07) is 9.10. The summed E-state index contributed by atoms with van der Waals surface area (Å²) in [5, 5.41) is 2.38. The molecule has 12 heavy (non-hydrogen) atoms. The van der Waals surface area contributed by atoms with Crippen LogP contribution in [0.3, 0.4) is 0 Å². The molecule has 0 N–H and O–H groups in total. The molecule has 0 aliphatic carbocycles. The lowest BCUT2D eigenvalue weighted by Gasteiger charge is -2.03. The van der Waals surface area contributed by atoms with E-state index >= 15 is 0 Å². The van der Waals surface area contributed by atoms with Gasteiger partial charge in [-0.1, -0.05) is 30.3 Å². The van der Waals surface area contributed by atoms with Gasteiger partial charge in [0.1, 0.15) is 0 Å². The molecule has 1 aromatic rings. The van der Waals surface area contributed by atoms with Crippen molar-refractivity contribution >= 4 is 5.91 Å². The molecule has 62 valence electrons. The van der Waals surface area contributed by atoms with Gasteiger partial charge in [0.2, 0.25) is 0 Å². The largest absolute Gasteiger partial charge is 0.293 e. The molecule has 1 aromatic carbocycles. The third-order valence-electron chi connectivity index (χ3n) is 1.76. The Balaban J connectivity index is 2.85. The molecule has 0 aliphatic heterocycles. The Morgan fingerprint density at radius 3 is 2.42 bits per heavy atom. The van der Waals surface area contributed by atoms with Crippen LogP contribution in [0.5, 0.6) is 0 Å². The van der Waals surface area contributed by atoms with Crippen LogP contribution in [-0.2, 0) is 4.79 Å². The molecule has 0 bridgehead atoms. The highest BCUT2D eigenvalue weighted by Gasteiger charge is 2.14. The molecule has 3 heteroatoms. The summed E-state index contributed by atoms with van der Waals surface area (Å²) in [6.07, 6.45) is 0. The zero-order chi connectivity index (χ0) is 8.97. The van der Waals surface area contributed by atoms with Crippen LogP contribution in [0.4, 0.5) is 0 Å². The minimum atomic E-state index is -0.624. The summed E-state index contributed by atoms with van der Waals surface area (Å²) >= 11 is 0. The summed E-state index contributed by atoms with van der Waals surface area (Å²) in [5.41, 5.74) is 0.821. The van der Waals surface area contributed by atoms with Gasteiger partial charge in [-0.2, -0.15) is 0 Å². The number of nitrogens with zero attached hydrogens (tertiary/aromatic N) is 1. The van der Waals surface area contributed by atoms with Gasteiger partial charge in [0.25, 0.3) is 5.91 Å². The summed E-state index contributed by atoms with van der Waals surface area (Å²) in [4.78, 5) is 20.8. The lowest BCUT2D eigenvalue weighted by molar-refractivity contribution is -0.119. The van der Waals surface area contributed by atoms with Crippen molar-refractivity contribution in [3.8, 4) is 0 Å². The fourth-order valence-corrected chi connectivity index (χ4v) is 0.963. The third-order valence-corrected chi connectivity index (χ3v) is 1.76. The van der Waals surface area contributed by atoms with E-state index in [-0.39, 0.29) is 0 Å². The molecule has 3 nitrogen and oxygen atoms in total. The Labute approximate surface area is 70.4 Å². The van der Waals surface area contributed by atoms with Crippen LogP contribution >= 0.6 is 0 Å². The molecule has 0 fully saturated rings. The average Bonchev–Trinajstić information content (AvgIpc) is 2.17. The van der Waals surface area contributed by atoms with Crippen molar-refractivity contribution < 1.29 is 4.79 Å². The topological polar surface area (TPSA) is 46.5 Å². The zero-order valence-electron chi connectivity index (χ0n) is 6.73. The highest BCUT2D eigenvalue weighted by molar-refractivity contribution is 5.83. The van der Waals surface area contributed by atoms with E-state index in [1.54, 1.807) is 19.1 Å². The molecular weight excluding hydrogens is 154 g/mol. The summed E-state index contributed by atoms with van der Waals surface area (Å²) in [7, 11) is 0. The van der Waals surface area contributed by atoms with Crippen LogP contribution in [0.2, 0.25) is 0 Å². The molecule has 1 rings (SSSR count). The van der Waals surface area contributed by atoms with Crippen LogP contribution in [0.15, 0.2) is 35.5 Å². The lowest BCUT2D eigenvalue weighted by atomic mass is 10.0. The van der Waals surface area contributed by atoms with Gasteiger partial charge in [0.15, 0.2) is 0 Å². The van der Waals surface area contributed by atoms with Crippen LogP contribution in [0.1, 0.15) is 18.4 Å². The normalized spacial score (nSPS) is 12.1. The van der Waals surface area contributed by atoms with Gasteiger partial charge in [-0.25, -0.2) is 0 Å². The van der Waals surface area contributed by atoms with Crippen LogP contribution in [0.25, 0.3) is 0 Å². The molecule has 0 aliphatic rings. The van der Waals surface area contributed by atoms with Crippen molar-refractivity contribution in [3.05, 3.63) is 40.8 Å². The Morgan fingerprint density at radius 1 is 1.33 bits per heavy atom. The second-order valence-electron chi connectivity index (χ2n) is 2.56. The molecule has 0 saturated carbocycles. The second-order valence-corrected chi connectivity index (χ2v) is 2.56. The third kappa shape index (κ3) is 1.75. The van der Waals surface area contributed by atoms with E-state index in [1.165, 1.54) is 0 Å². The maximum atomic E-state index is 10.8. The maximum absolute atomic E-state index is 10.8. The van der Waals surface area contributed by atoms with E-state index in [0.29, 0.717) is 0 Å². The monoisotopic (exact) mass is 163 g/mol. The Bertz CT molecular complexity index is 282.